The number of alkyl halides is 3. The first-order chi connectivity index (χ1) is 11.3. The highest BCUT2D eigenvalue weighted by Crippen LogP contribution is 2.28. The number of hydrogen-bond acceptors (Lipinski definition) is 3. The number of benzene rings is 1. The van der Waals surface area contributed by atoms with Crippen LogP contribution in [0, 0.1) is 6.92 Å². The Morgan fingerprint density at radius 3 is 2.38 bits per heavy atom. The van der Waals surface area contributed by atoms with Crippen molar-refractivity contribution in [2.45, 2.75) is 19.5 Å². The van der Waals surface area contributed by atoms with Crippen LogP contribution in [0.1, 0.15) is 16.7 Å². The molecule has 0 spiro atoms. The highest BCUT2D eigenvalue weighted by molar-refractivity contribution is 5.78. The normalized spacial score (nSPS) is 11.2. The summed E-state index contributed by atoms with van der Waals surface area (Å²) < 4.78 is 37.2. The van der Waals surface area contributed by atoms with Crippen LogP contribution < -0.4 is 10.6 Å². The molecule has 0 atom stereocenters. The third-order valence-corrected chi connectivity index (χ3v) is 3.33. The number of nitrogens with zero attached hydrogens (tertiary/aromatic N) is 1. The highest BCUT2D eigenvalue weighted by atomic mass is 19.4. The molecule has 0 fully saturated rings. The standard InChI is InChI=1S/C17H18F3N3O/c1-12-2-4-13(5-3-12)10-16(24)22-9-8-21-15-7-6-14(11-23-15)17(18,19)20/h2-7,11H,8-10H2,1H3,(H,21,23)(H,22,24). The van der Waals surface area contributed by atoms with E-state index in [0.717, 1.165) is 23.4 Å². The van der Waals surface area contributed by atoms with E-state index in [4.69, 9.17) is 0 Å². The van der Waals surface area contributed by atoms with Crippen molar-refractivity contribution in [2.24, 2.45) is 0 Å². The fourth-order valence-corrected chi connectivity index (χ4v) is 2.01. The van der Waals surface area contributed by atoms with Gasteiger partial charge in [0.05, 0.1) is 12.0 Å². The van der Waals surface area contributed by atoms with Gasteiger partial charge in [-0.1, -0.05) is 29.8 Å². The van der Waals surface area contributed by atoms with Gasteiger partial charge in [-0.15, -0.1) is 0 Å². The topological polar surface area (TPSA) is 54.0 Å². The number of hydrogen-bond donors (Lipinski definition) is 2. The molecule has 2 N–H and O–H groups in total. The lowest BCUT2D eigenvalue weighted by molar-refractivity contribution is -0.137. The molecular formula is C17H18F3N3O. The second kappa shape index (κ2) is 7.81. The first-order valence-electron chi connectivity index (χ1n) is 7.44. The van der Waals surface area contributed by atoms with E-state index in [2.05, 4.69) is 15.6 Å². The quantitative estimate of drug-likeness (QED) is 0.796. The maximum Gasteiger partial charge on any atom is 0.417 e. The molecule has 0 bridgehead atoms. The van der Waals surface area contributed by atoms with Crippen molar-refractivity contribution in [2.75, 3.05) is 18.4 Å². The van der Waals surface area contributed by atoms with Gasteiger partial charge in [0.25, 0.3) is 0 Å². The van der Waals surface area contributed by atoms with Crippen LogP contribution in [0.2, 0.25) is 0 Å². The Labute approximate surface area is 138 Å². The summed E-state index contributed by atoms with van der Waals surface area (Å²) in [6.07, 6.45) is -3.33. The van der Waals surface area contributed by atoms with Crippen LogP contribution in [0.3, 0.4) is 0 Å². The predicted molar refractivity (Wildman–Crippen MR) is 85.6 cm³/mol. The summed E-state index contributed by atoms with van der Waals surface area (Å²) in [7, 11) is 0. The van der Waals surface area contributed by atoms with Crippen LogP contribution >= 0.6 is 0 Å². The molecule has 2 rings (SSSR count). The lowest BCUT2D eigenvalue weighted by Crippen LogP contribution is -2.30. The highest BCUT2D eigenvalue weighted by Gasteiger charge is 2.30. The van der Waals surface area contributed by atoms with Gasteiger partial charge in [0.1, 0.15) is 5.82 Å². The molecule has 0 aliphatic carbocycles. The maximum absolute atomic E-state index is 12.4. The van der Waals surface area contributed by atoms with Crippen molar-refractivity contribution in [3.05, 3.63) is 59.3 Å². The molecule has 7 heteroatoms. The van der Waals surface area contributed by atoms with Gasteiger partial charge < -0.3 is 10.6 Å². The summed E-state index contributed by atoms with van der Waals surface area (Å²) in [5.74, 6) is 0.219. The Kier molecular flexibility index (Phi) is 5.78. The average Bonchev–Trinajstić information content (AvgIpc) is 2.53. The van der Waals surface area contributed by atoms with E-state index >= 15 is 0 Å². The number of aromatic nitrogens is 1. The summed E-state index contributed by atoms with van der Waals surface area (Å²) in [6, 6.07) is 9.92. The summed E-state index contributed by atoms with van der Waals surface area (Å²) >= 11 is 0. The van der Waals surface area contributed by atoms with E-state index in [1.165, 1.54) is 6.07 Å². The molecule has 0 saturated heterocycles. The van der Waals surface area contributed by atoms with Crippen LogP contribution in [0.15, 0.2) is 42.6 Å². The maximum atomic E-state index is 12.4. The molecule has 4 nitrogen and oxygen atoms in total. The number of anilines is 1. The van der Waals surface area contributed by atoms with Crippen LogP contribution in [0.5, 0.6) is 0 Å². The van der Waals surface area contributed by atoms with Gasteiger partial charge in [-0.25, -0.2) is 4.98 Å². The molecule has 0 aliphatic heterocycles. The predicted octanol–water partition coefficient (Wildman–Crippen LogP) is 3.18. The van der Waals surface area contributed by atoms with Gasteiger partial charge in [-0.05, 0) is 24.6 Å². The van der Waals surface area contributed by atoms with E-state index in [1.807, 2.05) is 31.2 Å². The molecule has 0 radical (unpaired) electrons. The van der Waals surface area contributed by atoms with Crippen LogP contribution in [-0.4, -0.2) is 24.0 Å². The smallest absolute Gasteiger partial charge is 0.368 e. The summed E-state index contributed by atoms with van der Waals surface area (Å²) in [5, 5.41) is 5.60. The van der Waals surface area contributed by atoms with E-state index in [9.17, 15) is 18.0 Å². The van der Waals surface area contributed by atoms with Gasteiger partial charge in [0, 0.05) is 19.3 Å². The monoisotopic (exact) mass is 337 g/mol. The van der Waals surface area contributed by atoms with Crippen LogP contribution in [-0.2, 0) is 17.4 Å². The number of pyridine rings is 1. The van der Waals surface area contributed by atoms with Crippen molar-refractivity contribution in [3.8, 4) is 0 Å². The summed E-state index contributed by atoms with van der Waals surface area (Å²) in [4.78, 5) is 15.5. The van der Waals surface area contributed by atoms with Gasteiger partial charge in [-0.3, -0.25) is 4.79 Å². The minimum absolute atomic E-state index is 0.110. The Bertz CT molecular complexity index is 667. The number of nitrogens with one attached hydrogen (secondary N) is 2. The molecule has 0 aliphatic rings. The molecule has 0 saturated carbocycles. The third-order valence-electron chi connectivity index (χ3n) is 3.33. The lowest BCUT2D eigenvalue weighted by atomic mass is 10.1. The number of carbonyl (C=O) groups is 1. The fourth-order valence-electron chi connectivity index (χ4n) is 2.01. The Morgan fingerprint density at radius 2 is 1.79 bits per heavy atom. The van der Waals surface area contributed by atoms with Crippen molar-refractivity contribution >= 4 is 11.7 Å². The number of aryl methyl sites for hydroxylation is 1. The average molecular weight is 337 g/mol. The van der Waals surface area contributed by atoms with Crippen molar-refractivity contribution in [3.63, 3.8) is 0 Å². The molecule has 0 unspecified atom stereocenters. The van der Waals surface area contributed by atoms with E-state index < -0.39 is 11.7 Å². The molecular weight excluding hydrogens is 319 g/mol. The third kappa shape index (κ3) is 5.57. The number of amides is 1. The van der Waals surface area contributed by atoms with Crippen molar-refractivity contribution in [1.29, 1.82) is 0 Å². The number of rotatable bonds is 6. The molecule has 1 aromatic carbocycles. The van der Waals surface area contributed by atoms with Crippen LogP contribution in [0.4, 0.5) is 19.0 Å². The lowest BCUT2D eigenvalue weighted by Gasteiger charge is -2.09. The Balaban J connectivity index is 1.70. The second-order valence-electron chi connectivity index (χ2n) is 5.37. The zero-order valence-corrected chi connectivity index (χ0v) is 13.2. The first kappa shape index (κ1) is 17.8. The van der Waals surface area contributed by atoms with Crippen molar-refractivity contribution in [1.82, 2.24) is 10.3 Å². The van der Waals surface area contributed by atoms with Crippen molar-refractivity contribution < 1.29 is 18.0 Å². The fraction of sp³-hybridized carbons (Fsp3) is 0.294. The minimum atomic E-state index is -4.39. The largest absolute Gasteiger partial charge is 0.417 e. The van der Waals surface area contributed by atoms with E-state index in [-0.39, 0.29) is 5.91 Å². The molecule has 1 heterocycles. The van der Waals surface area contributed by atoms with E-state index in [1.54, 1.807) is 0 Å². The molecule has 1 aromatic heterocycles. The minimum Gasteiger partial charge on any atom is -0.368 e. The van der Waals surface area contributed by atoms with Gasteiger partial charge in [0.2, 0.25) is 5.91 Å². The second-order valence-corrected chi connectivity index (χ2v) is 5.37. The molecule has 1 amide bonds. The van der Waals surface area contributed by atoms with E-state index in [0.29, 0.717) is 25.3 Å². The Hall–Kier alpha value is -2.57. The number of halogens is 3. The molecule has 24 heavy (non-hydrogen) atoms. The molecule has 128 valence electrons. The zero-order valence-electron chi connectivity index (χ0n) is 13.2. The van der Waals surface area contributed by atoms with Gasteiger partial charge in [-0.2, -0.15) is 13.2 Å². The Morgan fingerprint density at radius 1 is 1.08 bits per heavy atom. The summed E-state index contributed by atoms with van der Waals surface area (Å²) in [5.41, 5.74) is 1.27. The molecule has 2 aromatic rings. The van der Waals surface area contributed by atoms with Crippen LogP contribution in [0.25, 0.3) is 0 Å². The first-order valence-corrected chi connectivity index (χ1v) is 7.44. The summed E-state index contributed by atoms with van der Waals surface area (Å²) in [6.45, 7) is 2.70. The van der Waals surface area contributed by atoms with Gasteiger partial charge in [0.15, 0.2) is 0 Å². The number of carbonyl (C=O) groups excluding carboxylic acids is 1. The SMILES string of the molecule is Cc1ccc(CC(=O)NCCNc2ccc(C(F)(F)F)cn2)cc1. The van der Waals surface area contributed by atoms with Gasteiger partial charge >= 0.3 is 6.18 Å². The zero-order chi connectivity index (χ0) is 17.6.